The van der Waals surface area contributed by atoms with Crippen LogP contribution in [0.2, 0.25) is 15.1 Å². The van der Waals surface area contributed by atoms with E-state index in [-0.39, 0.29) is 31.0 Å². The standard InChI is InChI=1S/C23H11Cl3N3O4S2.C7H10N2/c24-13-3-1-12(2-4-13)21(30)17(11-27)23-29-35(32,33)20-9-16(18(26)10-19(20)34-23)22(31)28-15-7-5-14(25)6-8-15;1-9(2)7-3-5-8-6-4-7/h1-10H,(H,28,31);3-6H,1-2H3/q-1;/p+1. The molecule has 0 aliphatic carbocycles. The molecule has 0 bridgehead atoms. The molecule has 0 saturated heterocycles. The van der Waals surface area contributed by atoms with E-state index < -0.39 is 27.3 Å². The minimum atomic E-state index is -4.35. The number of hydrogen-bond acceptors (Lipinski definition) is 6. The maximum absolute atomic E-state index is 12.9. The van der Waals surface area contributed by atoms with E-state index in [1.807, 2.05) is 38.6 Å². The molecule has 4 aromatic rings. The minimum Gasteiger partial charge on any atom is -0.763 e. The summed E-state index contributed by atoms with van der Waals surface area (Å²) < 4.78 is 29.6. The smallest absolute Gasteiger partial charge is 0.284 e. The van der Waals surface area contributed by atoms with Crippen LogP contribution in [0.1, 0.15) is 20.7 Å². The highest BCUT2D eigenvalue weighted by Gasteiger charge is 2.31. The lowest BCUT2D eigenvalue weighted by atomic mass is 10.1. The van der Waals surface area contributed by atoms with Crippen molar-refractivity contribution < 1.29 is 23.0 Å². The molecule has 0 saturated carbocycles. The molecule has 0 radical (unpaired) electrons. The number of aromatic nitrogens is 1. The molecule has 3 aromatic carbocycles. The number of fused-ring (bicyclic) bond motifs is 1. The lowest BCUT2D eigenvalue weighted by Gasteiger charge is -2.18. The van der Waals surface area contributed by atoms with Crippen LogP contribution in [0.15, 0.2) is 105 Å². The molecule has 2 N–H and O–H groups in total. The Bertz CT molecular complexity index is 1910. The predicted molar refractivity (Wildman–Crippen MR) is 176 cm³/mol. The van der Waals surface area contributed by atoms with Crippen LogP contribution in [-0.2, 0) is 10.0 Å². The van der Waals surface area contributed by atoms with Gasteiger partial charge in [0.25, 0.3) is 15.9 Å². The van der Waals surface area contributed by atoms with E-state index in [2.05, 4.69) is 19.6 Å². The molecule has 9 nitrogen and oxygen atoms in total. The van der Waals surface area contributed by atoms with Gasteiger partial charge in [0, 0.05) is 58.1 Å². The molecule has 14 heteroatoms. The Morgan fingerprint density at radius 1 is 0.932 bits per heavy atom. The van der Waals surface area contributed by atoms with Gasteiger partial charge in [-0.15, -0.1) is 0 Å². The number of anilines is 2. The number of aromatic amines is 1. The van der Waals surface area contributed by atoms with Gasteiger partial charge in [0.1, 0.15) is 9.94 Å². The summed E-state index contributed by atoms with van der Waals surface area (Å²) in [4.78, 5) is 30.5. The molecule has 1 aromatic heterocycles. The van der Waals surface area contributed by atoms with Crippen LogP contribution in [0.3, 0.4) is 0 Å². The summed E-state index contributed by atoms with van der Waals surface area (Å²) in [6.07, 6.45) is 3.82. The third kappa shape index (κ3) is 7.95. The van der Waals surface area contributed by atoms with Crippen molar-refractivity contribution in [3.8, 4) is 0 Å². The van der Waals surface area contributed by atoms with Gasteiger partial charge in [0.15, 0.2) is 12.4 Å². The highest BCUT2D eigenvalue weighted by Crippen LogP contribution is 2.39. The minimum absolute atomic E-state index is 0.0262. The monoisotopic (exact) mass is 685 g/mol. The maximum atomic E-state index is 12.9. The molecule has 0 unspecified atom stereocenters. The number of nitrogens with zero attached hydrogens (tertiary/aromatic N) is 3. The lowest BCUT2D eigenvalue weighted by molar-refractivity contribution is -0.377. The van der Waals surface area contributed by atoms with Gasteiger partial charge in [-0.25, -0.2) is 4.98 Å². The number of carbonyl (C=O) groups excluding carboxylic acids is 2. The number of rotatable bonds is 6. The number of hydrogen-bond donors (Lipinski definition) is 1. The highest BCUT2D eigenvalue weighted by molar-refractivity contribution is 8.16. The summed E-state index contributed by atoms with van der Waals surface area (Å²) in [6, 6.07) is 18.5. The normalized spacial score (nSPS) is 12.8. The Hall–Kier alpha value is -3.96. The molecule has 1 aliphatic rings. The first-order valence-corrected chi connectivity index (χ1v) is 15.9. The van der Waals surface area contributed by atoms with Crippen molar-refractivity contribution in [2.45, 2.75) is 9.79 Å². The van der Waals surface area contributed by atoms with Gasteiger partial charge in [-0.3, -0.25) is 15.5 Å². The van der Waals surface area contributed by atoms with E-state index in [9.17, 15) is 23.4 Å². The van der Waals surface area contributed by atoms with Crippen molar-refractivity contribution in [1.82, 2.24) is 0 Å². The second-order valence-corrected chi connectivity index (χ2v) is 13.1. The Kier molecular flexibility index (Phi) is 10.6. The molecule has 2 heterocycles. The largest absolute Gasteiger partial charge is 0.763 e. The lowest BCUT2D eigenvalue weighted by Crippen LogP contribution is -2.19. The van der Waals surface area contributed by atoms with Crippen LogP contribution >= 0.6 is 46.6 Å². The third-order valence-electron chi connectivity index (χ3n) is 5.94. The number of pyridine rings is 1. The average molecular weight is 687 g/mol. The summed E-state index contributed by atoms with van der Waals surface area (Å²) in [6.45, 7) is 0. The summed E-state index contributed by atoms with van der Waals surface area (Å²) in [7, 11) is -0.308. The van der Waals surface area contributed by atoms with E-state index in [0.717, 1.165) is 17.8 Å². The average Bonchev–Trinajstić information content (AvgIpc) is 2.99. The number of Topliss-reactive ketones (excluding diaryl/α,β-unsaturated/α-hetero) is 1. The van der Waals surface area contributed by atoms with Crippen molar-refractivity contribution in [3.63, 3.8) is 0 Å². The van der Waals surface area contributed by atoms with Crippen LogP contribution in [0.5, 0.6) is 0 Å². The molecule has 0 spiro atoms. The Labute approximate surface area is 273 Å². The third-order valence-corrected chi connectivity index (χ3v) is 9.37. The van der Waals surface area contributed by atoms with E-state index in [1.165, 1.54) is 36.0 Å². The predicted octanol–water partition coefficient (Wildman–Crippen LogP) is 6.71. The SMILES string of the molecule is CN(C)c1cc[nH+]cc1.[N-]=C=C(C(=O)c1ccc(Cl)cc1)C1=NS(=O)(=O)c2cc(C(=O)Nc3ccc(Cl)cc3)c(Cl)cc2S1. The van der Waals surface area contributed by atoms with Gasteiger partial charge in [0.2, 0.25) is 5.78 Å². The summed E-state index contributed by atoms with van der Waals surface area (Å²) in [5.74, 6) is 0.390. The summed E-state index contributed by atoms with van der Waals surface area (Å²) in [5, 5.41) is 12.8. The Balaban J connectivity index is 0.000000421. The second-order valence-electron chi connectivity index (χ2n) is 9.19. The van der Waals surface area contributed by atoms with Gasteiger partial charge >= 0.3 is 0 Å². The van der Waals surface area contributed by atoms with Crippen LogP contribution in [0.4, 0.5) is 11.4 Å². The fourth-order valence-electron chi connectivity index (χ4n) is 3.72. The number of nitrogens with one attached hydrogen (secondary N) is 2. The summed E-state index contributed by atoms with van der Waals surface area (Å²) in [5.41, 5.74) is 1.25. The molecule has 1 aliphatic heterocycles. The fraction of sp³-hybridized carbons (Fsp3) is 0.0667. The van der Waals surface area contributed by atoms with Crippen molar-refractivity contribution in [2.75, 3.05) is 24.3 Å². The van der Waals surface area contributed by atoms with Gasteiger partial charge < -0.3 is 15.6 Å². The first-order valence-electron chi connectivity index (χ1n) is 12.5. The first kappa shape index (κ1) is 32.9. The zero-order valence-electron chi connectivity index (χ0n) is 23.0. The highest BCUT2D eigenvalue weighted by atomic mass is 35.5. The van der Waals surface area contributed by atoms with E-state index in [0.29, 0.717) is 15.7 Å². The zero-order chi connectivity index (χ0) is 32.0. The van der Waals surface area contributed by atoms with E-state index >= 15 is 0 Å². The summed E-state index contributed by atoms with van der Waals surface area (Å²) >= 11 is 18.8. The number of benzene rings is 3. The number of sulfonamides is 1. The van der Waals surface area contributed by atoms with Gasteiger partial charge in [0.05, 0.1) is 16.2 Å². The van der Waals surface area contributed by atoms with Crippen LogP contribution < -0.4 is 15.2 Å². The van der Waals surface area contributed by atoms with Gasteiger partial charge in [-0.1, -0.05) is 46.6 Å². The molecule has 44 heavy (non-hydrogen) atoms. The molecule has 224 valence electrons. The molecule has 0 fully saturated rings. The number of amides is 1. The van der Waals surface area contributed by atoms with Crippen LogP contribution in [-0.4, -0.2) is 45.1 Å². The molecular weight excluding hydrogens is 665 g/mol. The topological polar surface area (TPSA) is 132 Å². The van der Waals surface area contributed by atoms with Gasteiger partial charge in [-0.05, 0) is 60.7 Å². The second kappa shape index (κ2) is 14.2. The van der Waals surface area contributed by atoms with Crippen molar-refractivity contribution in [2.24, 2.45) is 4.40 Å². The van der Waals surface area contributed by atoms with E-state index in [1.54, 1.807) is 30.1 Å². The van der Waals surface area contributed by atoms with Gasteiger partial charge in [-0.2, -0.15) is 12.8 Å². The number of halogens is 3. The number of H-pyrrole nitrogens is 1. The molecular formula is C30H22Cl3N5O4S2. The fourth-order valence-corrected chi connectivity index (χ4v) is 6.94. The molecule has 0 atom stereocenters. The number of ketones is 1. The molecule has 5 rings (SSSR count). The number of thioether (sulfide) groups is 1. The molecule has 1 amide bonds. The van der Waals surface area contributed by atoms with Crippen LogP contribution in [0.25, 0.3) is 5.41 Å². The van der Waals surface area contributed by atoms with Crippen molar-refractivity contribution >= 4 is 90.6 Å². The van der Waals surface area contributed by atoms with E-state index in [4.69, 9.17) is 34.8 Å². The number of carbonyl (C=O) groups is 2. The quantitative estimate of drug-likeness (QED) is 0.136. The van der Waals surface area contributed by atoms with Crippen LogP contribution in [0, 0.1) is 0 Å². The zero-order valence-corrected chi connectivity index (χ0v) is 26.9. The Morgan fingerprint density at radius 2 is 1.52 bits per heavy atom. The Morgan fingerprint density at radius 3 is 2.07 bits per heavy atom. The van der Waals surface area contributed by atoms with Crippen molar-refractivity contribution in [1.29, 1.82) is 0 Å². The first-order chi connectivity index (χ1) is 20.9. The maximum Gasteiger partial charge on any atom is 0.284 e. The van der Waals surface area contributed by atoms with Crippen molar-refractivity contribution in [3.05, 3.63) is 122 Å².